The normalized spacial score (nSPS) is 9.55. The van der Waals surface area contributed by atoms with Crippen molar-refractivity contribution < 1.29 is 29.6 Å². The Morgan fingerprint density at radius 3 is 2.36 bits per heavy atom. The zero-order valence-electron chi connectivity index (χ0n) is 12.0. The van der Waals surface area contributed by atoms with Crippen LogP contribution in [0.4, 0.5) is 0 Å². The van der Waals surface area contributed by atoms with Crippen LogP contribution < -0.4 is 10.1 Å². The lowest BCUT2D eigenvalue weighted by atomic mass is 10.3. The van der Waals surface area contributed by atoms with Gasteiger partial charge in [0.25, 0.3) is 0 Å². The van der Waals surface area contributed by atoms with Crippen molar-refractivity contribution in [2.45, 2.75) is 12.8 Å². The van der Waals surface area contributed by atoms with Gasteiger partial charge in [0.2, 0.25) is 0 Å². The predicted molar refractivity (Wildman–Crippen MR) is 84.1 cm³/mol. The number of hydrogen-bond acceptors (Lipinski definition) is 5. The molecule has 1 aromatic rings. The summed E-state index contributed by atoms with van der Waals surface area (Å²) in [4.78, 5) is 18.2. The average Bonchev–Trinajstić information content (AvgIpc) is 2.47. The highest BCUT2D eigenvalue weighted by molar-refractivity contribution is 9.10. The Kier molecular flexibility index (Phi) is 12.1. The predicted octanol–water partition coefficient (Wildman–Crippen LogP) is 1.35. The fourth-order valence-electron chi connectivity index (χ4n) is 1.30. The third kappa shape index (κ3) is 12.1. The smallest absolute Gasteiger partial charge is 0.414 e. The van der Waals surface area contributed by atoms with Crippen LogP contribution in [-0.2, 0) is 9.59 Å². The molecule has 1 rings (SSSR count). The number of unbranched alkanes of at least 4 members (excludes halogenated alkanes) is 1. The van der Waals surface area contributed by atoms with Crippen molar-refractivity contribution in [1.29, 1.82) is 0 Å². The SMILES string of the molecule is O=C(O)C(=O)O.OCCNCCCCOc1cccc(Br)c1. The number of hydrogen-bond donors (Lipinski definition) is 4. The molecule has 0 aliphatic heterocycles. The highest BCUT2D eigenvalue weighted by Gasteiger charge is 2.04. The van der Waals surface area contributed by atoms with Crippen molar-refractivity contribution in [3.8, 4) is 5.75 Å². The first-order chi connectivity index (χ1) is 10.5. The average molecular weight is 378 g/mol. The zero-order valence-corrected chi connectivity index (χ0v) is 13.6. The maximum atomic E-state index is 9.10. The van der Waals surface area contributed by atoms with Crippen LogP contribution in [0.25, 0.3) is 0 Å². The van der Waals surface area contributed by atoms with Gasteiger partial charge in [-0.05, 0) is 37.6 Å². The maximum absolute atomic E-state index is 9.10. The minimum atomic E-state index is -1.82. The van der Waals surface area contributed by atoms with E-state index >= 15 is 0 Å². The molecule has 0 unspecified atom stereocenters. The summed E-state index contributed by atoms with van der Waals surface area (Å²) >= 11 is 3.40. The van der Waals surface area contributed by atoms with E-state index in [0.717, 1.165) is 36.2 Å². The van der Waals surface area contributed by atoms with Gasteiger partial charge in [-0.2, -0.15) is 0 Å². The number of carbonyl (C=O) groups is 2. The van der Waals surface area contributed by atoms with Crippen LogP contribution in [0, 0.1) is 0 Å². The van der Waals surface area contributed by atoms with Gasteiger partial charge in [0.05, 0.1) is 13.2 Å². The summed E-state index contributed by atoms with van der Waals surface area (Å²) in [6.07, 6.45) is 2.08. The highest BCUT2D eigenvalue weighted by atomic mass is 79.9. The molecule has 0 aliphatic rings. The molecule has 124 valence electrons. The standard InChI is InChI=1S/C12H18BrNO2.C2H2O4/c13-11-4-3-5-12(10-11)16-9-2-1-6-14-7-8-15;3-1(4)2(5)6/h3-5,10,14-15H,1-2,6-9H2;(H,3,4)(H,5,6). The summed E-state index contributed by atoms with van der Waals surface area (Å²) in [5, 5.41) is 26.5. The van der Waals surface area contributed by atoms with Crippen LogP contribution in [0.1, 0.15) is 12.8 Å². The van der Waals surface area contributed by atoms with Crippen LogP contribution >= 0.6 is 15.9 Å². The van der Waals surface area contributed by atoms with E-state index < -0.39 is 11.9 Å². The number of carboxylic acid groups (broad SMARTS) is 2. The molecule has 0 bridgehead atoms. The molecule has 4 N–H and O–H groups in total. The highest BCUT2D eigenvalue weighted by Crippen LogP contribution is 2.17. The van der Waals surface area contributed by atoms with Crippen LogP contribution in [0.3, 0.4) is 0 Å². The van der Waals surface area contributed by atoms with Crippen LogP contribution in [0.15, 0.2) is 28.7 Å². The van der Waals surface area contributed by atoms with Gasteiger partial charge in [0, 0.05) is 11.0 Å². The summed E-state index contributed by atoms with van der Waals surface area (Å²) in [7, 11) is 0. The third-order valence-electron chi connectivity index (χ3n) is 2.28. The van der Waals surface area contributed by atoms with Crippen LogP contribution in [0.2, 0.25) is 0 Å². The molecule has 0 spiro atoms. The van der Waals surface area contributed by atoms with Gasteiger partial charge in [-0.3, -0.25) is 0 Å². The third-order valence-corrected chi connectivity index (χ3v) is 2.78. The second-order valence-electron chi connectivity index (χ2n) is 4.10. The van der Waals surface area contributed by atoms with Crippen molar-refractivity contribution in [2.75, 3.05) is 26.3 Å². The second kappa shape index (κ2) is 13.1. The first-order valence-electron chi connectivity index (χ1n) is 6.63. The maximum Gasteiger partial charge on any atom is 0.414 e. The monoisotopic (exact) mass is 377 g/mol. The Labute approximate surface area is 137 Å². The molecular weight excluding hydrogens is 358 g/mol. The number of carboxylic acids is 2. The number of benzene rings is 1. The minimum Gasteiger partial charge on any atom is -0.494 e. The summed E-state index contributed by atoms with van der Waals surface area (Å²) in [6, 6.07) is 7.85. The number of aliphatic hydroxyl groups is 1. The van der Waals surface area contributed by atoms with Gasteiger partial charge in [-0.25, -0.2) is 9.59 Å². The van der Waals surface area contributed by atoms with E-state index in [2.05, 4.69) is 21.2 Å². The molecule has 0 aromatic heterocycles. The largest absolute Gasteiger partial charge is 0.494 e. The van der Waals surface area contributed by atoms with E-state index in [1.807, 2.05) is 24.3 Å². The van der Waals surface area contributed by atoms with Gasteiger partial charge in [0.15, 0.2) is 0 Å². The Hall–Kier alpha value is -1.64. The number of nitrogens with one attached hydrogen (secondary N) is 1. The summed E-state index contributed by atoms with van der Waals surface area (Å²) < 4.78 is 6.62. The zero-order chi connectivity index (χ0) is 16.8. The van der Waals surface area contributed by atoms with Crippen molar-refractivity contribution in [2.24, 2.45) is 0 Å². The van der Waals surface area contributed by atoms with Crippen molar-refractivity contribution in [1.82, 2.24) is 5.32 Å². The van der Waals surface area contributed by atoms with E-state index in [1.165, 1.54) is 0 Å². The number of ether oxygens (including phenoxy) is 1. The van der Waals surface area contributed by atoms with Crippen molar-refractivity contribution in [3.63, 3.8) is 0 Å². The molecule has 1 aromatic carbocycles. The first-order valence-corrected chi connectivity index (χ1v) is 7.42. The fraction of sp³-hybridized carbons (Fsp3) is 0.429. The van der Waals surface area contributed by atoms with Gasteiger partial charge < -0.3 is 25.4 Å². The molecule has 0 atom stereocenters. The fourth-order valence-corrected chi connectivity index (χ4v) is 1.68. The molecule has 0 radical (unpaired) electrons. The molecule has 22 heavy (non-hydrogen) atoms. The lowest BCUT2D eigenvalue weighted by molar-refractivity contribution is -0.159. The van der Waals surface area contributed by atoms with E-state index in [4.69, 9.17) is 29.6 Å². The number of aliphatic hydroxyl groups excluding tert-OH is 1. The lowest BCUT2D eigenvalue weighted by Crippen LogP contribution is -2.19. The molecule has 7 nitrogen and oxygen atoms in total. The van der Waals surface area contributed by atoms with Crippen LogP contribution in [0.5, 0.6) is 5.75 Å². The Balaban J connectivity index is 0.000000626. The van der Waals surface area contributed by atoms with Gasteiger partial charge in [0.1, 0.15) is 5.75 Å². The Morgan fingerprint density at radius 1 is 1.14 bits per heavy atom. The molecule has 0 saturated heterocycles. The summed E-state index contributed by atoms with van der Waals surface area (Å²) in [6.45, 7) is 2.54. The molecule has 0 heterocycles. The summed E-state index contributed by atoms with van der Waals surface area (Å²) in [5.74, 6) is -2.75. The minimum absolute atomic E-state index is 0.203. The molecule has 0 aliphatic carbocycles. The topological polar surface area (TPSA) is 116 Å². The van der Waals surface area contributed by atoms with Gasteiger partial charge in [-0.15, -0.1) is 0 Å². The molecule has 0 amide bonds. The number of aliphatic carboxylic acids is 2. The summed E-state index contributed by atoms with van der Waals surface area (Å²) in [5.41, 5.74) is 0. The Bertz CT molecular complexity index is 443. The lowest BCUT2D eigenvalue weighted by Gasteiger charge is -2.06. The quantitative estimate of drug-likeness (QED) is 0.399. The van der Waals surface area contributed by atoms with Crippen molar-refractivity contribution >= 4 is 27.9 Å². The van der Waals surface area contributed by atoms with Crippen LogP contribution in [-0.4, -0.2) is 53.6 Å². The number of rotatable bonds is 8. The van der Waals surface area contributed by atoms with E-state index in [0.29, 0.717) is 6.54 Å². The van der Waals surface area contributed by atoms with E-state index in [9.17, 15) is 0 Å². The molecule has 8 heteroatoms. The molecule has 0 saturated carbocycles. The molecular formula is C14H20BrNO6. The first kappa shape index (κ1) is 20.4. The number of halogens is 1. The van der Waals surface area contributed by atoms with Gasteiger partial charge >= 0.3 is 11.9 Å². The second-order valence-corrected chi connectivity index (χ2v) is 5.01. The van der Waals surface area contributed by atoms with Gasteiger partial charge in [-0.1, -0.05) is 22.0 Å². The van der Waals surface area contributed by atoms with Crippen molar-refractivity contribution in [3.05, 3.63) is 28.7 Å². The Morgan fingerprint density at radius 2 is 1.82 bits per heavy atom. The van der Waals surface area contributed by atoms with E-state index in [1.54, 1.807) is 0 Å². The van der Waals surface area contributed by atoms with E-state index in [-0.39, 0.29) is 6.61 Å². The molecule has 0 fully saturated rings.